The minimum Gasteiger partial charge on any atom is -0.192 e. The molecule has 0 radical (unpaired) electrons. The Bertz CT molecular complexity index is 1840. The van der Waals surface area contributed by atoms with E-state index in [1.807, 2.05) is 47.0 Å². The first-order valence-corrected chi connectivity index (χ1v) is 17.0. The van der Waals surface area contributed by atoms with Crippen LogP contribution in [-0.2, 0) is 12.8 Å². The van der Waals surface area contributed by atoms with Gasteiger partial charge < -0.3 is 0 Å². The topological polar surface area (TPSA) is 95.2 Å². The third-order valence-electron chi connectivity index (χ3n) is 6.93. The van der Waals surface area contributed by atoms with Gasteiger partial charge >= 0.3 is 0 Å². The lowest BCUT2D eigenvalue weighted by Gasteiger charge is -2.00. The van der Waals surface area contributed by atoms with E-state index in [1.54, 1.807) is 34.8 Å². The quantitative estimate of drug-likeness (QED) is 0.145. The molecule has 206 valence electrons. The molecule has 0 fully saturated rings. The van der Waals surface area contributed by atoms with E-state index in [9.17, 15) is 21.0 Å². The van der Waals surface area contributed by atoms with Gasteiger partial charge in [0.05, 0.1) is 9.40 Å². The van der Waals surface area contributed by atoms with Gasteiger partial charge in [0.15, 0.2) is 0 Å². The molecule has 0 aliphatic heterocycles. The second-order valence-corrected chi connectivity index (χ2v) is 14.2. The molecular formula is C34H26N4S4. The molecule has 0 bridgehead atoms. The third kappa shape index (κ3) is 6.10. The number of rotatable bonds is 10. The maximum atomic E-state index is 9.26. The molecule has 4 aromatic heterocycles. The molecule has 0 saturated carbocycles. The van der Waals surface area contributed by atoms with Gasteiger partial charge in [-0.05, 0) is 84.0 Å². The Morgan fingerprint density at radius 2 is 1.02 bits per heavy atom. The smallest absolute Gasteiger partial charge is 0.131 e. The molecule has 0 N–H and O–H groups in total. The number of hydrogen-bond acceptors (Lipinski definition) is 8. The Kier molecular flexibility index (Phi) is 9.34. The summed E-state index contributed by atoms with van der Waals surface area (Å²) < 4.78 is 2.53. The van der Waals surface area contributed by atoms with Gasteiger partial charge in [0, 0.05) is 29.3 Å². The van der Waals surface area contributed by atoms with Gasteiger partial charge in [0.25, 0.3) is 0 Å². The SMILES string of the molecule is CCCCc1cc(C=C(C#N)C#N)sc1-c1cc2ccc3cc(-c4sc(C=C(C#N)C#N)cc4CCCC)sc3c2s1. The molecule has 8 heteroatoms. The van der Waals surface area contributed by atoms with E-state index in [2.05, 4.69) is 50.2 Å². The second kappa shape index (κ2) is 13.3. The van der Waals surface area contributed by atoms with Gasteiger partial charge in [-0.1, -0.05) is 38.8 Å². The van der Waals surface area contributed by atoms with Crippen LogP contribution in [0.4, 0.5) is 0 Å². The third-order valence-corrected chi connectivity index (χ3v) is 12.0. The Morgan fingerprint density at radius 3 is 1.38 bits per heavy atom. The Morgan fingerprint density at radius 1 is 0.619 bits per heavy atom. The number of benzene rings is 1. The fraction of sp³-hybridized carbons (Fsp3) is 0.235. The van der Waals surface area contributed by atoms with Crippen LogP contribution < -0.4 is 0 Å². The number of nitriles is 4. The molecule has 4 heterocycles. The lowest BCUT2D eigenvalue weighted by Crippen LogP contribution is -1.83. The van der Waals surface area contributed by atoms with Crippen LogP contribution in [-0.4, -0.2) is 0 Å². The lowest BCUT2D eigenvalue weighted by atomic mass is 10.1. The van der Waals surface area contributed by atoms with Crippen LogP contribution in [0.25, 0.3) is 51.8 Å². The highest BCUT2D eigenvalue weighted by Crippen LogP contribution is 2.47. The van der Waals surface area contributed by atoms with Gasteiger partial charge in [-0.15, -0.1) is 45.3 Å². The molecule has 0 atom stereocenters. The normalized spacial score (nSPS) is 10.6. The van der Waals surface area contributed by atoms with E-state index in [0.29, 0.717) is 0 Å². The standard InChI is InChI=1S/C34H26N4S4/c1-3-5-7-23-13-27(11-21(17-35)18-36)39-31(23)29-15-25-9-10-26-16-30(42-34(26)33(25)41-29)32-24(8-6-4-2)14-28(40-32)12-22(19-37)20-38/h9-16H,3-8H2,1-2H3. The van der Waals surface area contributed by atoms with E-state index in [-0.39, 0.29) is 11.1 Å². The molecule has 5 aromatic rings. The van der Waals surface area contributed by atoms with Crippen molar-refractivity contribution in [3.63, 3.8) is 0 Å². The second-order valence-electron chi connectivity index (χ2n) is 9.90. The van der Waals surface area contributed by atoms with Gasteiger partial charge in [0.1, 0.15) is 35.4 Å². The van der Waals surface area contributed by atoms with E-state index < -0.39 is 0 Å². The Labute approximate surface area is 262 Å². The first kappa shape index (κ1) is 29.5. The number of nitrogens with zero attached hydrogens (tertiary/aromatic N) is 4. The summed E-state index contributed by atoms with van der Waals surface area (Å²) in [5.41, 5.74) is 2.78. The van der Waals surface area contributed by atoms with Crippen LogP contribution in [0.15, 0.2) is 47.5 Å². The summed E-state index contributed by atoms with van der Waals surface area (Å²) in [4.78, 5) is 6.75. The van der Waals surface area contributed by atoms with Crippen LogP contribution in [0.2, 0.25) is 0 Å². The van der Waals surface area contributed by atoms with E-state index in [4.69, 9.17) is 0 Å². The van der Waals surface area contributed by atoms with Crippen LogP contribution in [0.3, 0.4) is 0 Å². The Hall–Kier alpha value is -4.02. The van der Waals surface area contributed by atoms with E-state index >= 15 is 0 Å². The highest BCUT2D eigenvalue weighted by Gasteiger charge is 2.18. The Balaban J connectivity index is 1.60. The van der Waals surface area contributed by atoms with Crippen molar-refractivity contribution in [3.05, 3.63) is 68.4 Å². The van der Waals surface area contributed by atoms with Crippen LogP contribution >= 0.6 is 45.3 Å². The minimum absolute atomic E-state index is 0.121. The molecular weight excluding hydrogens is 593 g/mol. The molecule has 0 spiro atoms. The molecule has 42 heavy (non-hydrogen) atoms. The summed E-state index contributed by atoms with van der Waals surface area (Å²) >= 11 is 6.92. The highest BCUT2D eigenvalue weighted by molar-refractivity contribution is 7.32. The predicted molar refractivity (Wildman–Crippen MR) is 179 cm³/mol. The van der Waals surface area contributed by atoms with Crippen molar-refractivity contribution >= 4 is 77.7 Å². The van der Waals surface area contributed by atoms with Gasteiger partial charge in [-0.2, -0.15) is 21.0 Å². The van der Waals surface area contributed by atoms with Crippen molar-refractivity contribution in [1.29, 1.82) is 21.0 Å². The maximum absolute atomic E-state index is 9.26. The number of fused-ring (bicyclic) bond motifs is 3. The molecule has 1 aromatic carbocycles. The summed E-state index contributed by atoms with van der Waals surface area (Å²) in [6.45, 7) is 4.38. The predicted octanol–water partition coefficient (Wildman–Crippen LogP) is 11.1. The van der Waals surface area contributed by atoms with Crippen LogP contribution in [0, 0.1) is 45.3 Å². The van der Waals surface area contributed by atoms with Crippen molar-refractivity contribution in [2.45, 2.75) is 52.4 Å². The van der Waals surface area contributed by atoms with Crippen molar-refractivity contribution in [2.24, 2.45) is 0 Å². The monoisotopic (exact) mass is 618 g/mol. The zero-order chi connectivity index (χ0) is 29.6. The summed E-state index contributed by atoms with van der Waals surface area (Å²) in [6.07, 6.45) is 9.68. The number of hydrogen-bond donors (Lipinski definition) is 0. The number of unbranched alkanes of at least 4 members (excludes halogenated alkanes) is 2. The number of allylic oxidation sites excluding steroid dienone is 2. The largest absolute Gasteiger partial charge is 0.192 e. The van der Waals surface area contributed by atoms with Crippen molar-refractivity contribution in [1.82, 2.24) is 0 Å². The molecule has 5 rings (SSSR count). The minimum atomic E-state index is 0.121. The molecule has 0 unspecified atom stereocenters. The first-order chi connectivity index (χ1) is 20.5. The molecule has 0 saturated heterocycles. The fourth-order valence-electron chi connectivity index (χ4n) is 4.85. The van der Waals surface area contributed by atoms with Crippen molar-refractivity contribution in [2.75, 3.05) is 0 Å². The molecule has 4 nitrogen and oxygen atoms in total. The highest BCUT2D eigenvalue weighted by atomic mass is 32.1. The van der Waals surface area contributed by atoms with E-state index in [0.717, 1.165) is 48.3 Å². The molecule has 0 aliphatic carbocycles. The van der Waals surface area contributed by atoms with Crippen LogP contribution in [0.5, 0.6) is 0 Å². The van der Waals surface area contributed by atoms with E-state index in [1.165, 1.54) is 50.8 Å². The lowest BCUT2D eigenvalue weighted by molar-refractivity contribution is 0.798. The number of aryl methyl sites for hydroxylation is 2. The average Bonchev–Trinajstić information content (AvgIpc) is 3.79. The van der Waals surface area contributed by atoms with Crippen molar-refractivity contribution in [3.8, 4) is 43.8 Å². The summed E-state index contributed by atoms with van der Waals surface area (Å²) in [7, 11) is 0. The zero-order valence-corrected chi connectivity index (χ0v) is 26.5. The summed E-state index contributed by atoms with van der Waals surface area (Å²) in [6, 6.07) is 21.1. The molecule has 0 aliphatic rings. The first-order valence-electron chi connectivity index (χ1n) is 13.8. The maximum Gasteiger partial charge on any atom is 0.131 e. The average molecular weight is 619 g/mol. The summed E-state index contributed by atoms with van der Waals surface area (Å²) in [5.74, 6) is 0. The van der Waals surface area contributed by atoms with Gasteiger partial charge in [-0.25, -0.2) is 0 Å². The summed E-state index contributed by atoms with van der Waals surface area (Å²) in [5, 5.41) is 39.5. The van der Waals surface area contributed by atoms with Gasteiger partial charge in [-0.3, -0.25) is 0 Å². The fourth-order valence-corrected chi connectivity index (χ4v) is 9.90. The van der Waals surface area contributed by atoms with Crippen LogP contribution in [0.1, 0.15) is 60.4 Å². The van der Waals surface area contributed by atoms with Crippen molar-refractivity contribution < 1.29 is 0 Å². The van der Waals surface area contributed by atoms with Gasteiger partial charge in [0.2, 0.25) is 0 Å². The number of thiophene rings is 4. The zero-order valence-electron chi connectivity index (χ0n) is 23.3. The molecule has 0 amide bonds.